The van der Waals surface area contributed by atoms with E-state index in [-0.39, 0.29) is 16.9 Å². The van der Waals surface area contributed by atoms with Crippen LogP contribution in [-0.2, 0) is 27.8 Å². The number of nitrogens with zero attached hydrogens (tertiary/aromatic N) is 3. The number of fused-ring (bicyclic) bond motifs is 1. The summed E-state index contributed by atoms with van der Waals surface area (Å²) in [5, 5.41) is 3.83. The molecule has 2 unspecified atom stereocenters. The van der Waals surface area contributed by atoms with Gasteiger partial charge in [0.15, 0.2) is 0 Å². The average molecular weight is 453 g/mol. The molecule has 0 radical (unpaired) electrons. The Morgan fingerprint density at radius 2 is 1.94 bits per heavy atom. The molecule has 2 fully saturated rings. The van der Waals surface area contributed by atoms with Crippen molar-refractivity contribution in [3.8, 4) is 0 Å². The summed E-state index contributed by atoms with van der Waals surface area (Å²) in [6.45, 7) is 1.32. The monoisotopic (exact) mass is 452 g/mol. The number of benzene rings is 1. The van der Waals surface area contributed by atoms with Crippen LogP contribution in [-0.4, -0.2) is 46.4 Å². The second-order valence-electron chi connectivity index (χ2n) is 8.79. The van der Waals surface area contributed by atoms with Gasteiger partial charge in [-0.3, -0.25) is 4.90 Å². The number of nitrogens with two attached hydrogens (primary N) is 1. The van der Waals surface area contributed by atoms with Gasteiger partial charge in [0.1, 0.15) is 17.7 Å². The van der Waals surface area contributed by atoms with Crippen molar-refractivity contribution >= 4 is 10.0 Å². The van der Waals surface area contributed by atoms with Gasteiger partial charge in [0.25, 0.3) is 10.0 Å². The van der Waals surface area contributed by atoms with E-state index >= 15 is 0 Å². The molecule has 1 saturated carbocycles. The molecule has 0 bridgehead atoms. The molecule has 7 nitrogen and oxygen atoms in total. The molecule has 2 N–H and O–H groups in total. The van der Waals surface area contributed by atoms with E-state index in [2.05, 4.69) is 10.00 Å². The van der Waals surface area contributed by atoms with Gasteiger partial charge in [-0.05, 0) is 37.5 Å². The van der Waals surface area contributed by atoms with E-state index in [0.29, 0.717) is 44.7 Å². The zero-order valence-corrected chi connectivity index (χ0v) is 17.9. The third kappa shape index (κ3) is 3.69. The number of halogens is 2. The molecule has 1 saturated heterocycles. The fourth-order valence-corrected chi connectivity index (χ4v) is 6.98. The number of aromatic nitrogens is 2. The zero-order chi connectivity index (χ0) is 21.8. The second-order valence-corrected chi connectivity index (χ2v) is 10.8. The van der Waals surface area contributed by atoms with Crippen LogP contribution in [0.1, 0.15) is 55.0 Å². The Morgan fingerprint density at radius 3 is 2.68 bits per heavy atom. The molecule has 1 aliphatic carbocycles. The van der Waals surface area contributed by atoms with E-state index in [0.717, 1.165) is 36.6 Å². The lowest BCUT2D eigenvalue weighted by atomic mass is 9.93. The van der Waals surface area contributed by atoms with Gasteiger partial charge in [0.05, 0.1) is 23.7 Å². The minimum Gasteiger partial charge on any atom is -0.370 e. The Morgan fingerprint density at radius 1 is 1.16 bits per heavy atom. The molecule has 168 valence electrons. The standard InChI is InChI=1S/C21H26F2N4O3S/c22-14-5-6-18(23)17(7-14)21-19(24)8-15(12-30-21)26-10-13-9-25-27(20(13)11-26)31(28,29)16-3-1-2-4-16/h5-7,9,15-16,19,21H,1-4,8,10-12,24H2/t15?,19-,21?/m1/s1. The summed E-state index contributed by atoms with van der Waals surface area (Å²) < 4.78 is 60.9. The molecule has 3 atom stereocenters. The van der Waals surface area contributed by atoms with E-state index in [1.54, 1.807) is 6.20 Å². The Balaban J connectivity index is 1.29. The third-order valence-corrected chi connectivity index (χ3v) is 8.90. The summed E-state index contributed by atoms with van der Waals surface area (Å²) in [7, 11) is -3.49. The van der Waals surface area contributed by atoms with Crippen LogP contribution in [0, 0.1) is 11.6 Å². The lowest BCUT2D eigenvalue weighted by Gasteiger charge is -2.38. The van der Waals surface area contributed by atoms with Crippen molar-refractivity contribution in [3.05, 3.63) is 52.9 Å². The highest BCUT2D eigenvalue weighted by molar-refractivity contribution is 7.90. The maximum atomic E-state index is 14.2. The predicted molar refractivity (Wildman–Crippen MR) is 109 cm³/mol. The van der Waals surface area contributed by atoms with Crippen LogP contribution in [0.5, 0.6) is 0 Å². The van der Waals surface area contributed by atoms with Gasteiger partial charge in [-0.15, -0.1) is 0 Å². The molecule has 10 heteroatoms. The smallest absolute Gasteiger partial charge is 0.256 e. The van der Waals surface area contributed by atoms with Gasteiger partial charge < -0.3 is 10.5 Å². The van der Waals surface area contributed by atoms with Gasteiger partial charge >= 0.3 is 0 Å². The molecule has 2 aromatic rings. The Bertz CT molecular complexity index is 1080. The molecule has 1 aromatic heterocycles. The van der Waals surface area contributed by atoms with Crippen molar-refractivity contribution in [3.63, 3.8) is 0 Å². The van der Waals surface area contributed by atoms with E-state index in [4.69, 9.17) is 10.5 Å². The summed E-state index contributed by atoms with van der Waals surface area (Å²) in [5.41, 5.74) is 8.03. The van der Waals surface area contributed by atoms with E-state index < -0.39 is 33.8 Å². The van der Waals surface area contributed by atoms with Crippen molar-refractivity contribution < 1.29 is 21.9 Å². The fourth-order valence-electron chi connectivity index (χ4n) is 5.11. The average Bonchev–Trinajstić information content (AvgIpc) is 3.47. The first-order valence-corrected chi connectivity index (χ1v) is 12.2. The molecule has 5 rings (SSSR count). The Hall–Kier alpha value is -1.88. The first kappa shape index (κ1) is 21.0. The molecule has 0 amide bonds. The molecule has 3 aliphatic rings. The van der Waals surface area contributed by atoms with Crippen LogP contribution in [0.25, 0.3) is 0 Å². The predicted octanol–water partition coefficient (Wildman–Crippen LogP) is 2.45. The van der Waals surface area contributed by atoms with Gasteiger partial charge in [0.2, 0.25) is 0 Å². The summed E-state index contributed by atoms with van der Waals surface area (Å²) in [5.74, 6) is -1.07. The summed E-state index contributed by atoms with van der Waals surface area (Å²) in [4.78, 5) is 2.13. The van der Waals surface area contributed by atoms with Crippen LogP contribution in [0.3, 0.4) is 0 Å². The highest BCUT2D eigenvalue weighted by Crippen LogP contribution is 2.35. The van der Waals surface area contributed by atoms with Crippen molar-refractivity contribution in [2.24, 2.45) is 5.73 Å². The number of rotatable bonds is 4. The topological polar surface area (TPSA) is 90.5 Å². The number of ether oxygens (including phenoxy) is 1. The summed E-state index contributed by atoms with van der Waals surface area (Å²) >= 11 is 0. The third-order valence-electron chi connectivity index (χ3n) is 6.79. The molecule has 1 aromatic carbocycles. The van der Waals surface area contributed by atoms with Crippen LogP contribution in [0.15, 0.2) is 24.4 Å². The van der Waals surface area contributed by atoms with Gasteiger partial charge in [-0.25, -0.2) is 17.2 Å². The lowest BCUT2D eigenvalue weighted by Crippen LogP contribution is -2.48. The largest absolute Gasteiger partial charge is 0.370 e. The van der Waals surface area contributed by atoms with E-state index in [9.17, 15) is 17.2 Å². The molecule has 3 heterocycles. The Labute approximate surface area is 180 Å². The first-order chi connectivity index (χ1) is 14.8. The molecule has 2 aliphatic heterocycles. The number of hydrogen-bond acceptors (Lipinski definition) is 6. The maximum Gasteiger partial charge on any atom is 0.256 e. The minimum atomic E-state index is -3.49. The molecular weight excluding hydrogens is 426 g/mol. The summed E-state index contributed by atoms with van der Waals surface area (Å²) in [6.07, 6.45) is 4.70. The van der Waals surface area contributed by atoms with Gasteiger partial charge in [-0.2, -0.15) is 9.19 Å². The van der Waals surface area contributed by atoms with E-state index in [1.807, 2.05) is 0 Å². The molecular formula is C21H26F2N4O3S. The van der Waals surface area contributed by atoms with Crippen LogP contribution in [0.4, 0.5) is 8.78 Å². The summed E-state index contributed by atoms with van der Waals surface area (Å²) in [6, 6.07) is 2.74. The van der Waals surface area contributed by atoms with Crippen LogP contribution in [0.2, 0.25) is 0 Å². The van der Waals surface area contributed by atoms with Crippen molar-refractivity contribution in [2.45, 2.75) is 68.6 Å². The first-order valence-electron chi connectivity index (χ1n) is 10.7. The molecule has 31 heavy (non-hydrogen) atoms. The molecule has 0 spiro atoms. The number of hydrogen-bond donors (Lipinski definition) is 1. The van der Waals surface area contributed by atoms with Gasteiger partial charge in [-0.1, -0.05) is 12.8 Å². The second kappa shape index (κ2) is 7.91. The maximum absolute atomic E-state index is 14.2. The quantitative estimate of drug-likeness (QED) is 0.767. The fraction of sp³-hybridized carbons (Fsp3) is 0.571. The van der Waals surface area contributed by atoms with Crippen molar-refractivity contribution in [2.75, 3.05) is 6.61 Å². The zero-order valence-electron chi connectivity index (χ0n) is 17.1. The van der Waals surface area contributed by atoms with Crippen molar-refractivity contribution in [1.82, 2.24) is 14.1 Å². The van der Waals surface area contributed by atoms with Crippen LogP contribution < -0.4 is 5.73 Å². The SMILES string of the molecule is N[C@@H]1CC(N2Cc3cnn(S(=O)(=O)C4CCCC4)c3C2)COC1c1cc(F)ccc1F. The van der Waals surface area contributed by atoms with Crippen molar-refractivity contribution in [1.29, 1.82) is 0 Å². The van der Waals surface area contributed by atoms with Gasteiger partial charge in [0, 0.05) is 36.3 Å². The van der Waals surface area contributed by atoms with E-state index in [1.165, 1.54) is 4.09 Å². The highest BCUT2D eigenvalue weighted by atomic mass is 32.2. The Kier molecular flexibility index (Phi) is 5.36. The van der Waals surface area contributed by atoms with Crippen LogP contribution >= 0.6 is 0 Å². The normalized spacial score (nSPS) is 27.6. The highest BCUT2D eigenvalue weighted by Gasteiger charge is 2.40. The minimum absolute atomic E-state index is 0.0436. The lowest BCUT2D eigenvalue weighted by molar-refractivity contribution is -0.0533.